The van der Waals surface area contributed by atoms with E-state index in [-0.39, 0.29) is 34.8 Å². The van der Waals surface area contributed by atoms with Crippen molar-refractivity contribution in [2.45, 2.75) is 37.9 Å². The number of hydrogen-bond donors (Lipinski definition) is 1. The van der Waals surface area contributed by atoms with E-state index in [9.17, 15) is 9.59 Å². The van der Waals surface area contributed by atoms with E-state index < -0.39 is 0 Å². The lowest BCUT2D eigenvalue weighted by atomic mass is 9.87. The average Bonchev–Trinajstić information content (AvgIpc) is 3.24. The average molecular weight is 571 g/mol. The van der Waals surface area contributed by atoms with Crippen LogP contribution in [-0.4, -0.2) is 61.3 Å². The van der Waals surface area contributed by atoms with Gasteiger partial charge in [0.15, 0.2) is 0 Å². The molecule has 0 spiro atoms. The Bertz CT molecular complexity index is 1320. The lowest BCUT2D eigenvalue weighted by molar-refractivity contribution is -0.122. The molecule has 39 heavy (non-hydrogen) atoms. The third kappa shape index (κ3) is 6.59. The Hall–Kier alpha value is -3.01. The SMILES string of the molecule is COCCCNC(=O)CN1C(=O)CS[C@@H](c2cccc(Cl)c2)c2c(C(C)(C)C)nn(-c3ccc(OC)cc3)c21. The topological polar surface area (TPSA) is 85.7 Å². The van der Waals surface area contributed by atoms with E-state index >= 15 is 0 Å². The molecule has 1 N–H and O–H groups in total. The van der Waals surface area contributed by atoms with Gasteiger partial charge in [-0.05, 0) is 48.4 Å². The summed E-state index contributed by atoms with van der Waals surface area (Å²) in [4.78, 5) is 28.3. The molecule has 2 heterocycles. The van der Waals surface area contributed by atoms with Crippen LogP contribution in [0.5, 0.6) is 5.75 Å². The van der Waals surface area contributed by atoms with E-state index in [1.807, 2.05) is 48.5 Å². The third-order valence-corrected chi connectivity index (χ3v) is 7.91. The highest BCUT2D eigenvalue weighted by molar-refractivity contribution is 8.00. The van der Waals surface area contributed by atoms with Crippen molar-refractivity contribution >= 4 is 41.0 Å². The Balaban J connectivity index is 1.90. The van der Waals surface area contributed by atoms with Gasteiger partial charge in [-0.25, -0.2) is 4.68 Å². The van der Waals surface area contributed by atoms with E-state index in [0.29, 0.717) is 36.2 Å². The molecule has 0 aliphatic carbocycles. The van der Waals surface area contributed by atoms with Gasteiger partial charge in [0.05, 0.1) is 29.5 Å². The number of nitrogens with zero attached hydrogens (tertiary/aromatic N) is 3. The van der Waals surface area contributed by atoms with Crippen LogP contribution in [0.1, 0.15) is 49.3 Å². The van der Waals surface area contributed by atoms with Gasteiger partial charge in [-0.3, -0.25) is 14.5 Å². The van der Waals surface area contributed by atoms with Crippen LogP contribution >= 0.6 is 23.4 Å². The fourth-order valence-corrected chi connectivity index (χ4v) is 5.94. The van der Waals surface area contributed by atoms with E-state index in [1.54, 1.807) is 23.8 Å². The number of hydrogen-bond acceptors (Lipinski definition) is 6. The Kier molecular flexibility index (Phi) is 9.25. The van der Waals surface area contributed by atoms with Crippen molar-refractivity contribution in [3.05, 3.63) is 70.4 Å². The van der Waals surface area contributed by atoms with E-state index in [1.165, 1.54) is 11.8 Å². The van der Waals surface area contributed by atoms with Crippen molar-refractivity contribution in [2.24, 2.45) is 0 Å². The van der Waals surface area contributed by atoms with Gasteiger partial charge < -0.3 is 14.8 Å². The number of amides is 2. The smallest absolute Gasteiger partial charge is 0.240 e. The first-order valence-corrected chi connectivity index (χ1v) is 14.3. The number of halogens is 1. The summed E-state index contributed by atoms with van der Waals surface area (Å²) in [7, 11) is 3.24. The van der Waals surface area contributed by atoms with E-state index in [2.05, 4.69) is 26.1 Å². The number of thioether (sulfide) groups is 1. The van der Waals surface area contributed by atoms with Crippen LogP contribution in [-0.2, 0) is 19.7 Å². The Morgan fingerprint density at radius 3 is 2.56 bits per heavy atom. The predicted molar refractivity (Wildman–Crippen MR) is 156 cm³/mol. The maximum absolute atomic E-state index is 13.7. The molecule has 1 aliphatic rings. The minimum absolute atomic E-state index is 0.118. The molecule has 8 nitrogen and oxygen atoms in total. The van der Waals surface area contributed by atoms with Crippen LogP contribution in [0, 0.1) is 0 Å². The molecule has 0 radical (unpaired) electrons. The first kappa shape index (κ1) is 29.0. The van der Waals surface area contributed by atoms with Gasteiger partial charge in [0.25, 0.3) is 0 Å². The monoisotopic (exact) mass is 570 g/mol. The number of carbonyl (C=O) groups excluding carboxylic acids is 2. The summed E-state index contributed by atoms with van der Waals surface area (Å²) in [5.41, 5.74) is 3.15. The summed E-state index contributed by atoms with van der Waals surface area (Å²) < 4.78 is 12.2. The molecule has 0 saturated heterocycles. The predicted octanol–water partition coefficient (Wildman–Crippen LogP) is 5.15. The molecule has 1 atom stereocenters. The van der Waals surface area contributed by atoms with Crippen LogP contribution < -0.4 is 15.0 Å². The molecule has 4 rings (SSSR count). The minimum atomic E-state index is -0.347. The minimum Gasteiger partial charge on any atom is -0.497 e. The van der Waals surface area contributed by atoms with Gasteiger partial charge >= 0.3 is 0 Å². The Labute approximate surface area is 239 Å². The molecule has 2 aromatic carbocycles. The van der Waals surface area contributed by atoms with Crippen LogP contribution in [0.3, 0.4) is 0 Å². The second kappa shape index (κ2) is 12.4. The third-order valence-electron chi connectivity index (χ3n) is 6.42. The fraction of sp³-hybridized carbons (Fsp3) is 0.414. The van der Waals surface area contributed by atoms with Crippen molar-refractivity contribution in [3.8, 4) is 11.4 Å². The summed E-state index contributed by atoms with van der Waals surface area (Å²) in [6.45, 7) is 7.21. The molecule has 0 saturated carbocycles. The maximum atomic E-state index is 13.7. The Morgan fingerprint density at radius 1 is 1.18 bits per heavy atom. The zero-order valence-corrected chi connectivity index (χ0v) is 24.6. The molecule has 1 aromatic heterocycles. The molecular weight excluding hydrogens is 536 g/mol. The van der Waals surface area contributed by atoms with E-state index in [4.69, 9.17) is 26.2 Å². The van der Waals surface area contributed by atoms with Crippen LogP contribution in [0.4, 0.5) is 5.82 Å². The second-order valence-electron chi connectivity index (χ2n) is 10.4. The first-order valence-electron chi connectivity index (χ1n) is 12.8. The number of anilines is 1. The van der Waals surface area contributed by atoms with Crippen LogP contribution in [0.2, 0.25) is 5.02 Å². The van der Waals surface area contributed by atoms with Gasteiger partial charge in [-0.1, -0.05) is 44.5 Å². The van der Waals surface area contributed by atoms with Gasteiger partial charge in [0.1, 0.15) is 18.1 Å². The maximum Gasteiger partial charge on any atom is 0.240 e. The van der Waals surface area contributed by atoms with Crippen molar-refractivity contribution in [3.63, 3.8) is 0 Å². The summed E-state index contributed by atoms with van der Waals surface area (Å²) in [6, 6.07) is 15.2. The first-order chi connectivity index (χ1) is 18.6. The summed E-state index contributed by atoms with van der Waals surface area (Å²) in [5, 5.41) is 8.42. The lowest BCUT2D eigenvalue weighted by Crippen LogP contribution is -2.42. The van der Waals surface area contributed by atoms with Gasteiger partial charge in [-0.2, -0.15) is 5.10 Å². The number of benzene rings is 2. The molecule has 3 aromatic rings. The summed E-state index contributed by atoms with van der Waals surface area (Å²) in [6.07, 6.45) is 0.687. The highest BCUT2D eigenvalue weighted by Gasteiger charge is 2.40. The van der Waals surface area contributed by atoms with Crippen molar-refractivity contribution in [1.82, 2.24) is 15.1 Å². The van der Waals surface area contributed by atoms with Crippen molar-refractivity contribution in [2.75, 3.05) is 44.6 Å². The molecule has 1 aliphatic heterocycles. The molecule has 10 heteroatoms. The molecular formula is C29H35ClN4O4S. The number of aromatic nitrogens is 2. The zero-order chi connectivity index (χ0) is 28.2. The molecule has 0 unspecified atom stereocenters. The number of fused-ring (bicyclic) bond motifs is 1. The van der Waals surface area contributed by atoms with E-state index in [0.717, 1.165) is 22.5 Å². The lowest BCUT2D eigenvalue weighted by Gasteiger charge is -2.24. The number of nitrogens with one attached hydrogen (secondary N) is 1. The van der Waals surface area contributed by atoms with Crippen molar-refractivity contribution in [1.29, 1.82) is 0 Å². The normalized spacial score (nSPS) is 15.6. The second-order valence-corrected chi connectivity index (χ2v) is 11.9. The van der Waals surface area contributed by atoms with Gasteiger partial charge in [-0.15, -0.1) is 11.8 Å². The number of carbonyl (C=O) groups is 2. The van der Waals surface area contributed by atoms with Gasteiger partial charge in [0.2, 0.25) is 11.8 Å². The molecule has 2 amide bonds. The largest absolute Gasteiger partial charge is 0.497 e. The van der Waals surface area contributed by atoms with Crippen LogP contribution in [0.25, 0.3) is 5.69 Å². The standard InChI is InChI=1S/C29H35ClN4O4S/c1-29(2,3)27-25-26(19-8-6-9-20(30)16-19)39-18-24(36)33(17-23(35)31-14-7-15-37-4)28(25)34(32-27)21-10-12-22(38-5)13-11-21/h6,8-13,16,26H,7,14-15,17-18H2,1-5H3,(H,31,35)/t26-/m0/s1. The number of methoxy groups -OCH3 is 2. The molecule has 0 bridgehead atoms. The quantitative estimate of drug-likeness (QED) is 0.358. The highest BCUT2D eigenvalue weighted by Crippen LogP contribution is 2.48. The zero-order valence-electron chi connectivity index (χ0n) is 23.0. The summed E-state index contributed by atoms with van der Waals surface area (Å²) >= 11 is 7.93. The molecule has 208 valence electrons. The number of rotatable bonds is 9. The van der Waals surface area contributed by atoms with Gasteiger partial charge in [0, 0.05) is 36.3 Å². The highest BCUT2D eigenvalue weighted by atomic mass is 35.5. The fourth-order valence-electron chi connectivity index (χ4n) is 4.55. The molecule has 0 fully saturated rings. The number of ether oxygens (including phenoxy) is 2. The van der Waals surface area contributed by atoms with Crippen LogP contribution in [0.15, 0.2) is 48.5 Å². The summed E-state index contributed by atoms with van der Waals surface area (Å²) in [5.74, 6) is 1.11. The van der Waals surface area contributed by atoms with Crippen molar-refractivity contribution < 1.29 is 19.1 Å². The Morgan fingerprint density at radius 2 is 1.92 bits per heavy atom.